The van der Waals surface area contributed by atoms with Crippen molar-refractivity contribution in [2.24, 2.45) is 0 Å². The number of aromatic hydroxyl groups is 1. The molecule has 0 saturated carbocycles. The number of amides is 1. The number of hydrogen-bond acceptors (Lipinski definition) is 2. The molecule has 3 rings (SSSR count). The first-order valence-electron chi connectivity index (χ1n) is 9.48. The molecule has 0 unspecified atom stereocenters. The second-order valence-electron chi connectivity index (χ2n) is 7.47. The molecular weight excluding hydrogens is 367 g/mol. The van der Waals surface area contributed by atoms with Crippen LogP contribution in [0.3, 0.4) is 0 Å². The van der Waals surface area contributed by atoms with Gasteiger partial charge in [0.1, 0.15) is 5.75 Å². The Hall–Kier alpha value is -2.50. The second-order valence-corrected chi connectivity index (χ2v) is 7.47. The topological polar surface area (TPSA) is 40.5 Å². The van der Waals surface area contributed by atoms with Crippen molar-refractivity contribution in [1.29, 1.82) is 0 Å². The zero-order valence-corrected chi connectivity index (χ0v) is 15.7. The van der Waals surface area contributed by atoms with E-state index in [2.05, 4.69) is 0 Å². The van der Waals surface area contributed by atoms with E-state index in [1.54, 1.807) is 12.1 Å². The minimum absolute atomic E-state index is 0.0385. The summed E-state index contributed by atoms with van der Waals surface area (Å²) < 4.78 is 38.0. The van der Waals surface area contributed by atoms with Gasteiger partial charge in [-0.2, -0.15) is 13.2 Å². The van der Waals surface area contributed by atoms with E-state index in [4.69, 9.17) is 0 Å². The van der Waals surface area contributed by atoms with Crippen LogP contribution in [-0.2, 0) is 11.0 Å². The van der Waals surface area contributed by atoms with Crippen LogP contribution >= 0.6 is 0 Å². The Morgan fingerprint density at radius 3 is 2.18 bits per heavy atom. The van der Waals surface area contributed by atoms with E-state index in [0.717, 1.165) is 30.5 Å². The predicted molar refractivity (Wildman–Crippen MR) is 101 cm³/mol. The maximum absolute atomic E-state index is 12.7. The summed E-state index contributed by atoms with van der Waals surface area (Å²) in [6.07, 6.45) is -2.33. The van der Waals surface area contributed by atoms with Crippen LogP contribution in [0.4, 0.5) is 13.2 Å². The maximum atomic E-state index is 12.7. The Kier molecular flexibility index (Phi) is 5.96. The van der Waals surface area contributed by atoms with Crippen LogP contribution in [0, 0.1) is 0 Å². The number of alkyl halides is 3. The Labute approximate surface area is 162 Å². The molecule has 6 heteroatoms. The first-order valence-corrected chi connectivity index (χ1v) is 9.48. The largest absolute Gasteiger partial charge is 0.508 e. The number of benzene rings is 2. The number of likely N-dealkylation sites (tertiary alicyclic amines) is 1. The number of hydrogen-bond donors (Lipinski definition) is 1. The van der Waals surface area contributed by atoms with Gasteiger partial charge in [-0.1, -0.05) is 31.2 Å². The van der Waals surface area contributed by atoms with Gasteiger partial charge in [-0.15, -0.1) is 0 Å². The van der Waals surface area contributed by atoms with Gasteiger partial charge in [0.15, 0.2) is 0 Å². The lowest BCUT2D eigenvalue weighted by atomic mass is 9.89. The van der Waals surface area contributed by atoms with Gasteiger partial charge in [0.05, 0.1) is 5.56 Å². The fourth-order valence-corrected chi connectivity index (χ4v) is 3.72. The molecular formula is C22H24F3NO2. The Bertz CT molecular complexity index is 792. The van der Waals surface area contributed by atoms with Crippen molar-refractivity contribution in [3.8, 4) is 5.75 Å². The van der Waals surface area contributed by atoms with Crippen molar-refractivity contribution in [1.82, 2.24) is 4.90 Å². The molecule has 28 heavy (non-hydrogen) atoms. The van der Waals surface area contributed by atoms with E-state index < -0.39 is 11.7 Å². The molecule has 0 spiro atoms. The van der Waals surface area contributed by atoms with Crippen LogP contribution in [0.5, 0.6) is 5.75 Å². The number of phenols is 1. The number of phenolic OH excluding ortho intramolecular Hbond substituents is 1. The van der Waals surface area contributed by atoms with Crippen molar-refractivity contribution in [3.63, 3.8) is 0 Å². The van der Waals surface area contributed by atoms with Gasteiger partial charge in [0.25, 0.3) is 0 Å². The molecule has 2 aromatic rings. The zero-order chi connectivity index (χ0) is 20.3. The molecule has 1 aliphatic heterocycles. The van der Waals surface area contributed by atoms with Crippen molar-refractivity contribution in [2.45, 2.75) is 44.2 Å². The maximum Gasteiger partial charge on any atom is 0.416 e. The summed E-state index contributed by atoms with van der Waals surface area (Å²) in [5.41, 5.74) is 1.23. The molecule has 0 bridgehead atoms. The number of rotatable bonds is 4. The lowest BCUT2D eigenvalue weighted by Gasteiger charge is -2.33. The van der Waals surface area contributed by atoms with Crippen LogP contribution in [-0.4, -0.2) is 29.0 Å². The molecule has 0 radical (unpaired) electrons. The van der Waals surface area contributed by atoms with Crippen LogP contribution < -0.4 is 0 Å². The van der Waals surface area contributed by atoms with E-state index in [9.17, 15) is 23.1 Å². The van der Waals surface area contributed by atoms with E-state index in [1.807, 2.05) is 24.0 Å². The molecule has 3 nitrogen and oxygen atoms in total. The highest BCUT2D eigenvalue weighted by atomic mass is 19.4. The summed E-state index contributed by atoms with van der Waals surface area (Å²) in [7, 11) is 0. The second kappa shape index (κ2) is 8.25. The molecule has 1 heterocycles. The van der Waals surface area contributed by atoms with Crippen molar-refractivity contribution in [3.05, 3.63) is 65.2 Å². The molecule has 150 valence electrons. The summed E-state index contributed by atoms with van der Waals surface area (Å²) in [4.78, 5) is 14.5. The molecule has 1 N–H and O–H groups in total. The van der Waals surface area contributed by atoms with Crippen molar-refractivity contribution >= 4 is 5.91 Å². The molecule has 1 saturated heterocycles. The summed E-state index contributed by atoms with van der Waals surface area (Å²) in [5.74, 6) is 0.520. The number of carbonyl (C=O) groups is 1. The summed E-state index contributed by atoms with van der Waals surface area (Å²) >= 11 is 0. The van der Waals surface area contributed by atoms with Crippen LogP contribution in [0.25, 0.3) is 0 Å². The lowest BCUT2D eigenvalue weighted by Crippen LogP contribution is -2.38. The van der Waals surface area contributed by atoms with Crippen molar-refractivity contribution in [2.75, 3.05) is 13.1 Å². The van der Waals surface area contributed by atoms with Crippen LogP contribution in [0.15, 0.2) is 48.5 Å². The molecule has 1 amide bonds. The Morgan fingerprint density at radius 1 is 1.07 bits per heavy atom. The first-order chi connectivity index (χ1) is 13.2. The third kappa shape index (κ3) is 4.86. The molecule has 1 aliphatic rings. The highest BCUT2D eigenvalue weighted by Crippen LogP contribution is 2.32. The average molecular weight is 391 g/mol. The minimum Gasteiger partial charge on any atom is -0.508 e. The first kappa shape index (κ1) is 20.2. The van der Waals surface area contributed by atoms with Crippen LogP contribution in [0.2, 0.25) is 0 Å². The quantitative estimate of drug-likeness (QED) is 0.767. The Morgan fingerprint density at radius 2 is 1.64 bits per heavy atom. The number of halogens is 3. The molecule has 1 atom stereocenters. The van der Waals surface area contributed by atoms with E-state index >= 15 is 0 Å². The highest BCUT2D eigenvalue weighted by Gasteiger charge is 2.30. The summed E-state index contributed by atoms with van der Waals surface area (Å²) in [6, 6.07) is 12.3. The third-order valence-corrected chi connectivity index (χ3v) is 5.50. The van der Waals surface area contributed by atoms with Gasteiger partial charge in [-0.25, -0.2) is 0 Å². The van der Waals surface area contributed by atoms with E-state index in [0.29, 0.717) is 19.0 Å². The van der Waals surface area contributed by atoms with Gasteiger partial charge >= 0.3 is 6.18 Å². The van der Waals surface area contributed by atoms with Crippen LogP contribution in [0.1, 0.15) is 54.7 Å². The Balaban J connectivity index is 1.53. The molecule has 0 aromatic heterocycles. The standard InChI is InChI=1S/C22H24F3NO2/c1-15(16-2-6-19(7-3-16)22(23,24)25)14-21(28)26-12-10-18(11-13-26)17-4-8-20(27)9-5-17/h2-9,15,18,27H,10-14H2,1H3/t15-/m1/s1. The van der Waals surface area contributed by atoms with E-state index in [-0.39, 0.29) is 24.0 Å². The van der Waals surface area contributed by atoms with Gasteiger partial charge in [-0.3, -0.25) is 4.79 Å². The fourth-order valence-electron chi connectivity index (χ4n) is 3.72. The van der Waals surface area contributed by atoms with Gasteiger partial charge in [0.2, 0.25) is 5.91 Å². The third-order valence-electron chi connectivity index (χ3n) is 5.50. The van der Waals surface area contributed by atoms with Gasteiger partial charge in [-0.05, 0) is 60.1 Å². The average Bonchev–Trinajstić information content (AvgIpc) is 2.68. The molecule has 1 fully saturated rings. The van der Waals surface area contributed by atoms with E-state index in [1.165, 1.54) is 17.7 Å². The molecule has 0 aliphatic carbocycles. The highest BCUT2D eigenvalue weighted by molar-refractivity contribution is 5.77. The zero-order valence-electron chi connectivity index (χ0n) is 15.7. The lowest BCUT2D eigenvalue weighted by molar-refractivity contribution is -0.137. The van der Waals surface area contributed by atoms with Gasteiger partial charge in [0, 0.05) is 19.5 Å². The predicted octanol–water partition coefficient (Wildman–Crippen LogP) is 5.31. The van der Waals surface area contributed by atoms with Crippen molar-refractivity contribution < 1.29 is 23.1 Å². The summed E-state index contributed by atoms with van der Waals surface area (Å²) in [6.45, 7) is 3.21. The monoisotopic (exact) mass is 391 g/mol. The summed E-state index contributed by atoms with van der Waals surface area (Å²) in [5, 5.41) is 9.39. The number of nitrogens with zero attached hydrogens (tertiary/aromatic N) is 1. The normalized spacial score (nSPS) is 16.8. The number of carbonyl (C=O) groups excluding carboxylic acids is 1. The number of piperidine rings is 1. The fraction of sp³-hybridized carbons (Fsp3) is 0.409. The van der Waals surface area contributed by atoms with Gasteiger partial charge < -0.3 is 10.0 Å². The minimum atomic E-state index is -4.35. The SMILES string of the molecule is C[C@H](CC(=O)N1CCC(c2ccc(O)cc2)CC1)c1ccc(C(F)(F)F)cc1. The molecule has 2 aromatic carbocycles. The smallest absolute Gasteiger partial charge is 0.416 e.